The Bertz CT molecular complexity index is 3740. The molecule has 4 N–H and O–H groups in total. The van der Waals surface area contributed by atoms with E-state index in [0.29, 0.717) is 44.8 Å². The number of hydrogen-bond acceptors (Lipinski definition) is 9. The zero-order valence-electron chi connectivity index (χ0n) is 88.5. The lowest BCUT2D eigenvalue weighted by Crippen LogP contribution is -2.64. The standard InChI is InChI=1S/C27H46O3.2C25H44O.C23H38O3.C21H34O.CH4/c1-18-10-13-25(5)19(16-18)8-9-20-21-11-14-27(12-7-15-28-27)26(21,6)23(17-22(20)25)29-30-24(2,3)4;2*1-6-7-17(3)20-10-11-21-19-9-8-18-14-16(2)12-13-24(18,4)22(19)15-23(26)25(20,21)5;1-15-7-9-21(2)16(13-15)5-6-17-18-8-10-23(25-11-4-12-26-23)22(18,3)20(24)14-19(17)21;1-13-9-10-20(3)15(11-13)6-7-16-17-8-5-14(2)21(17,4)19(22)12-18(16)20;/h18-23H,7-17H2,1-6H3;2*16-23,26H,6-15H2,1-5H3;15-20,24H,4-14H2,1-3H3;13,15-19,22H,2,5-12H2,1,3-4H3;1H4/t18-,19-,20+,21+,22?,23?,25+,26-,27?;2*16-,17-,18-,19+,20-,21+,22?,23?,24+,25-;15-,16-,17+,18+,19?,20?,21+,22-;13-,15-,16+,17+,18?,19?,20+,21-;/m11111./s1. The Kier molecular flexibility index (Phi) is 29.4. The average Bonchev–Trinajstić information content (AvgIpc) is 1.58. The maximum atomic E-state index is 11.5. The van der Waals surface area contributed by atoms with E-state index in [1.54, 1.807) is 0 Å². The van der Waals surface area contributed by atoms with E-state index in [0.717, 1.165) is 219 Å². The van der Waals surface area contributed by atoms with Crippen LogP contribution in [-0.2, 0) is 24.0 Å². The van der Waals surface area contributed by atoms with Gasteiger partial charge >= 0.3 is 0 Å². The van der Waals surface area contributed by atoms with Gasteiger partial charge in [-0.2, -0.15) is 0 Å². The number of aliphatic hydroxyl groups is 4. The fourth-order valence-corrected chi connectivity index (χ4v) is 43.1. The van der Waals surface area contributed by atoms with Crippen molar-refractivity contribution in [3.05, 3.63) is 12.2 Å². The molecule has 0 aromatic rings. The highest BCUT2D eigenvalue weighted by Gasteiger charge is 2.74. The monoisotopic (exact) mass is 1820 g/mol. The van der Waals surface area contributed by atoms with Crippen LogP contribution in [0.5, 0.6) is 0 Å². The Balaban J connectivity index is 0.000000115. The van der Waals surface area contributed by atoms with Crippen LogP contribution in [0.1, 0.15) is 462 Å². The summed E-state index contributed by atoms with van der Waals surface area (Å²) in [5.74, 6) is 23.3. The van der Waals surface area contributed by atoms with E-state index < -0.39 is 5.79 Å². The molecule has 9 nitrogen and oxygen atoms in total. The fraction of sp³-hybridized carbons (Fsp3) is 0.984. The van der Waals surface area contributed by atoms with Gasteiger partial charge in [0.1, 0.15) is 6.10 Å². The molecule has 22 aliphatic rings. The topological polar surface area (TPSA) is 127 Å². The Hall–Kier alpha value is -0.620. The number of rotatable bonds is 8. The molecule has 131 heavy (non-hydrogen) atoms. The van der Waals surface area contributed by atoms with Crippen LogP contribution in [0.2, 0.25) is 0 Å². The number of fused-ring (bicyclic) bond motifs is 27. The summed E-state index contributed by atoms with van der Waals surface area (Å²) in [6.45, 7) is 60.3. The molecule has 0 amide bonds. The summed E-state index contributed by atoms with van der Waals surface area (Å²) in [6.07, 6.45) is 61.9. The lowest BCUT2D eigenvalue weighted by Gasteiger charge is -2.63. The minimum Gasteiger partial charge on any atom is -0.393 e. The zero-order chi connectivity index (χ0) is 92.6. The molecule has 11 unspecified atom stereocenters. The van der Waals surface area contributed by atoms with Crippen LogP contribution in [0, 0.1) is 226 Å². The van der Waals surface area contributed by atoms with Crippen molar-refractivity contribution in [1.29, 1.82) is 0 Å². The van der Waals surface area contributed by atoms with Gasteiger partial charge in [0, 0.05) is 23.9 Å². The molecule has 22 rings (SSSR count). The first-order valence-corrected chi connectivity index (χ1v) is 58.2. The summed E-state index contributed by atoms with van der Waals surface area (Å²) in [5.41, 5.74) is 3.84. The van der Waals surface area contributed by atoms with E-state index in [9.17, 15) is 20.4 Å². The Morgan fingerprint density at radius 1 is 0.359 bits per heavy atom. The smallest absolute Gasteiger partial charge is 0.176 e. The second-order valence-electron chi connectivity index (χ2n) is 57.2. The summed E-state index contributed by atoms with van der Waals surface area (Å²) < 4.78 is 19.3. The third kappa shape index (κ3) is 16.5. The van der Waals surface area contributed by atoms with Crippen molar-refractivity contribution in [3.63, 3.8) is 0 Å². The number of hydrogen-bond donors (Lipinski definition) is 4. The third-order valence-corrected chi connectivity index (χ3v) is 50.9. The number of aliphatic hydroxyl groups excluding tert-OH is 4. The highest BCUT2D eigenvalue weighted by atomic mass is 17.2. The van der Waals surface area contributed by atoms with Crippen LogP contribution in [-0.4, -0.2) is 87.8 Å². The van der Waals surface area contributed by atoms with Gasteiger partial charge in [-0.3, -0.25) is 0 Å². The summed E-state index contributed by atoms with van der Waals surface area (Å²) >= 11 is 0. The molecule has 0 bridgehead atoms. The summed E-state index contributed by atoms with van der Waals surface area (Å²) in [4.78, 5) is 12.5. The SMILES string of the molecule is C.C=C1CC[C@H]2[C@@H]3CC[C@@H]4C[C@H](C)CC[C@]4(C)C3CC(O)[C@]12C.CCC[C@@H](C)[C@H]1CC[C@H]2[C@@H]3CC[C@@H]4C[C@H](C)CC[C@]4(C)C3CC(O)[C@]12C.CCC[C@@H](C)[C@H]1CC[C@H]2[C@@H]3CC[C@@H]4C[C@H](C)CC[C@]4(C)C3CC(O)[C@]12C.C[C@@H]1CC[C@]2(C)C3CC(O)[C@@]4(C)[C@@H](CCC45OCCCO5)[C@@H]3CC[C@@H]2C1.C[C@@H]1CC[C@]2(C)C3CC(OOC(C)(C)C)[C@@]4(C)[C@@H](CCC45CCCO5)[C@@H]3CC[C@@H]2C1. The van der Waals surface area contributed by atoms with Gasteiger partial charge in [0.2, 0.25) is 0 Å². The average molecular weight is 1820 g/mol. The second kappa shape index (κ2) is 37.8. The molecule has 0 radical (unpaired) electrons. The molecule has 45 atom stereocenters. The molecule has 2 spiro atoms. The van der Waals surface area contributed by atoms with Crippen molar-refractivity contribution in [2.45, 2.75) is 509 Å². The van der Waals surface area contributed by atoms with Gasteiger partial charge in [0.15, 0.2) is 5.79 Å². The highest BCUT2D eigenvalue weighted by molar-refractivity contribution is 5.26. The first-order chi connectivity index (χ1) is 61.5. The molecule has 2 saturated heterocycles. The maximum Gasteiger partial charge on any atom is 0.176 e. The molecule has 20 aliphatic carbocycles. The molecule has 22 fully saturated rings. The first kappa shape index (κ1) is 102. The van der Waals surface area contributed by atoms with Crippen LogP contribution in [0.15, 0.2) is 12.2 Å². The van der Waals surface area contributed by atoms with Gasteiger partial charge < -0.3 is 34.6 Å². The normalized spacial score (nSPS) is 54.8. The van der Waals surface area contributed by atoms with Gasteiger partial charge in [0.25, 0.3) is 0 Å². The lowest BCUT2D eigenvalue weighted by atomic mass is 9.43. The Morgan fingerprint density at radius 3 is 1.09 bits per heavy atom. The van der Waals surface area contributed by atoms with Crippen molar-refractivity contribution in [2.24, 2.45) is 226 Å². The molecule has 2 aliphatic heterocycles. The van der Waals surface area contributed by atoms with E-state index in [-0.39, 0.29) is 76.2 Å². The minimum atomic E-state index is -0.515. The van der Waals surface area contributed by atoms with Crippen molar-refractivity contribution < 1.29 is 44.4 Å². The predicted molar refractivity (Wildman–Crippen MR) is 539 cm³/mol. The largest absolute Gasteiger partial charge is 0.393 e. The van der Waals surface area contributed by atoms with E-state index in [1.165, 1.54) is 262 Å². The second-order valence-corrected chi connectivity index (χ2v) is 57.2. The molecule has 9 heteroatoms. The molecule has 0 aromatic heterocycles. The fourth-order valence-electron chi connectivity index (χ4n) is 43.1. The maximum absolute atomic E-state index is 11.5. The quantitative estimate of drug-likeness (QED) is 0.107. The van der Waals surface area contributed by atoms with Gasteiger partial charge in [-0.1, -0.05) is 209 Å². The summed E-state index contributed by atoms with van der Waals surface area (Å²) in [6, 6.07) is 0. The van der Waals surface area contributed by atoms with Crippen LogP contribution in [0.3, 0.4) is 0 Å². The molecular formula is C122H210O9. The van der Waals surface area contributed by atoms with Crippen molar-refractivity contribution in [3.8, 4) is 0 Å². The third-order valence-electron chi connectivity index (χ3n) is 50.9. The molecular weight excluding hydrogens is 1610 g/mol. The van der Waals surface area contributed by atoms with Crippen LogP contribution < -0.4 is 0 Å². The zero-order valence-corrected chi connectivity index (χ0v) is 88.5. The van der Waals surface area contributed by atoms with Crippen molar-refractivity contribution in [1.82, 2.24) is 0 Å². The van der Waals surface area contributed by atoms with E-state index in [4.69, 9.17) is 24.0 Å². The molecule has 2 heterocycles. The van der Waals surface area contributed by atoms with Gasteiger partial charge in [0.05, 0.1) is 54.2 Å². The Morgan fingerprint density at radius 2 is 0.710 bits per heavy atom. The van der Waals surface area contributed by atoms with E-state index in [2.05, 4.69) is 159 Å². The van der Waals surface area contributed by atoms with E-state index >= 15 is 0 Å². The summed E-state index contributed by atoms with van der Waals surface area (Å²) in [7, 11) is 0. The van der Waals surface area contributed by atoms with Gasteiger partial charge in [-0.25, -0.2) is 9.78 Å². The predicted octanol–water partition coefficient (Wildman–Crippen LogP) is 30.9. The number of ether oxygens (including phenoxy) is 3. The van der Waals surface area contributed by atoms with Crippen molar-refractivity contribution >= 4 is 0 Å². The molecule has 20 saturated carbocycles. The van der Waals surface area contributed by atoms with Gasteiger partial charge in [-0.05, 0) is 468 Å². The van der Waals surface area contributed by atoms with E-state index in [1.807, 2.05) is 0 Å². The molecule has 0 aromatic carbocycles. The minimum absolute atomic E-state index is 0. The first-order valence-electron chi connectivity index (χ1n) is 58.2. The molecule has 752 valence electrons. The van der Waals surface area contributed by atoms with Crippen molar-refractivity contribution in [2.75, 3.05) is 19.8 Å². The highest BCUT2D eigenvalue weighted by Crippen LogP contribution is 2.77. The van der Waals surface area contributed by atoms with Gasteiger partial charge in [-0.15, -0.1) is 0 Å². The van der Waals surface area contributed by atoms with Crippen LogP contribution in [0.25, 0.3) is 0 Å². The Labute approximate surface area is 806 Å². The lowest BCUT2D eigenvalue weighted by molar-refractivity contribution is -0.409. The summed E-state index contributed by atoms with van der Waals surface area (Å²) in [5, 5.41) is 45.6. The van der Waals surface area contributed by atoms with Crippen LogP contribution in [0.4, 0.5) is 0 Å². The van der Waals surface area contributed by atoms with Crippen LogP contribution >= 0.6 is 0 Å².